The Labute approximate surface area is 100 Å². The molecule has 2 N–H and O–H groups in total. The lowest BCUT2D eigenvalue weighted by Gasteiger charge is -2.26. The van der Waals surface area contributed by atoms with Crippen LogP contribution in [0.5, 0.6) is 5.75 Å². The molecule has 0 fully saturated rings. The molecule has 0 amide bonds. The predicted molar refractivity (Wildman–Crippen MR) is 66.8 cm³/mol. The Morgan fingerprint density at radius 3 is 2.82 bits per heavy atom. The van der Waals surface area contributed by atoms with Gasteiger partial charge in [0, 0.05) is 18.1 Å². The fraction of sp³-hybridized carbons (Fsp3) is 0.214. The summed E-state index contributed by atoms with van der Waals surface area (Å²) in [5.41, 5.74) is 8.95. The molecule has 1 aromatic carbocycles. The van der Waals surface area contributed by atoms with E-state index in [1.165, 1.54) is 11.1 Å². The first-order chi connectivity index (χ1) is 8.33. The average Bonchev–Trinajstić information content (AvgIpc) is 2.39. The first kappa shape index (κ1) is 10.1. The van der Waals surface area contributed by atoms with Gasteiger partial charge in [-0.1, -0.05) is 0 Å². The zero-order valence-electron chi connectivity index (χ0n) is 9.47. The van der Waals surface area contributed by atoms with E-state index < -0.39 is 0 Å². The molecule has 86 valence electrons. The smallest absolute Gasteiger partial charge is 0.124 e. The summed E-state index contributed by atoms with van der Waals surface area (Å²) in [5.74, 6) is 0.951. The van der Waals surface area contributed by atoms with Crippen molar-refractivity contribution in [3.8, 4) is 5.75 Å². The number of pyridine rings is 1. The summed E-state index contributed by atoms with van der Waals surface area (Å²) >= 11 is 0. The molecular weight excluding hydrogens is 212 g/mol. The summed E-state index contributed by atoms with van der Waals surface area (Å²) in [7, 11) is 0. The van der Waals surface area contributed by atoms with Crippen LogP contribution < -0.4 is 10.5 Å². The molecular formula is C14H14N2O. The van der Waals surface area contributed by atoms with Crippen LogP contribution in [0.1, 0.15) is 23.7 Å². The second kappa shape index (κ2) is 4.09. The maximum atomic E-state index is 5.99. The van der Waals surface area contributed by atoms with Crippen molar-refractivity contribution in [1.82, 2.24) is 4.98 Å². The van der Waals surface area contributed by atoms with Crippen molar-refractivity contribution in [2.75, 3.05) is 5.73 Å². The molecule has 0 radical (unpaired) electrons. The van der Waals surface area contributed by atoms with E-state index in [1.54, 1.807) is 12.4 Å². The molecule has 2 heterocycles. The number of ether oxygens (including phenoxy) is 1. The molecule has 3 heteroatoms. The number of hydrogen-bond donors (Lipinski definition) is 1. The Hall–Kier alpha value is -2.03. The van der Waals surface area contributed by atoms with Crippen molar-refractivity contribution in [3.63, 3.8) is 0 Å². The van der Waals surface area contributed by atoms with Gasteiger partial charge in [-0.25, -0.2) is 0 Å². The van der Waals surface area contributed by atoms with Gasteiger partial charge in [0.2, 0.25) is 0 Å². The molecule has 17 heavy (non-hydrogen) atoms. The zero-order valence-corrected chi connectivity index (χ0v) is 9.47. The maximum absolute atomic E-state index is 5.99. The second-order valence-electron chi connectivity index (χ2n) is 4.29. The number of nitrogens with two attached hydrogens (primary N) is 1. The molecule has 0 spiro atoms. The van der Waals surface area contributed by atoms with E-state index in [0.717, 1.165) is 24.3 Å². The fourth-order valence-electron chi connectivity index (χ4n) is 2.22. The largest absolute Gasteiger partial charge is 0.485 e. The first-order valence-electron chi connectivity index (χ1n) is 5.78. The van der Waals surface area contributed by atoms with Gasteiger partial charge in [-0.2, -0.15) is 0 Å². The molecule has 0 aliphatic carbocycles. The summed E-state index contributed by atoms with van der Waals surface area (Å²) in [6, 6.07) is 9.85. The number of aromatic nitrogens is 1. The summed E-state index contributed by atoms with van der Waals surface area (Å²) in [5, 5.41) is 0. The minimum absolute atomic E-state index is 0.133. The van der Waals surface area contributed by atoms with Gasteiger partial charge < -0.3 is 10.5 Å². The number of aryl methyl sites for hydroxylation is 1. The highest BCUT2D eigenvalue weighted by Gasteiger charge is 2.20. The fourth-order valence-corrected chi connectivity index (χ4v) is 2.22. The highest BCUT2D eigenvalue weighted by molar-refractivity contribution is 5.49. The van der Waals surface area contributed by atoms with Crippen molar-refractivity contribution < 1.29 is 4.74 Å². The van der Waals surface area contributed by atoms with Crippen LogP contribution >= 0.6 is 0 Å². The third-order valence-electron chi connectivity index (χ3n) is 3.11. The normalized spacial score (nSPS) is 18.2. The lowest BCUT2D eigenvalue weighted by molar-refractivity contribution is 0.176. The highest BCUT2D eigenvalue weighted by Crippen LogP contribution is 2.35. The van der Waals surface area contributed by atoms with E-state index in [-0.39, 0.29) is 6.10 Å². The van der Waals surface area contributed by atoms with Crippen LogP contribution in [0, 0.1) is 0 Å². The monoisotopic (exact) mass is 226 g/mol. The lowest BCUT2D eigenvalue weighted by atomic mass is 9.98. The third kappa shape index (κ3) is 1.96. The minimum Gasteiger partial charge on any atom is -0.485 e. The Bertz CT molecular complexity index is 525. The molecule has 1 unspecified atom stereocenters. The van der Waals surface area contributed by atoms with Crippen molar-refractivity contribution >= 4 is 5.69 Å². The van der Waals surface area contributed by atoms with Gasteiger partial charge in [-0.15, -0.1) is 0 Å². The molecule has 1 aliphatic rings. The lowest BCUT2D eigenvalue weighted by Crippen LogP contribution is -2.15. The van der Waals surface area contributed by atoms with Crippen LogP contribution in [0.2, 0.25) is 0 Å². The van der Waals surface area contributed by atoms with E-state index in [0.29, 0.717) is 0 Å². The van der Waals surface area contributed by atoms with Gasteiger partial charge in [-0.3, -0.25) is 4.98 Å². The molecule has 1 aromatic heterocycles. The predicted octanol–water partition coefficient (Wildman–Crippen LogP) is 2.73. The number of fused-ring (bicyclic) bond motifs is 1. The summed E-state index contributed by atoms with van der Waals surface area (Å²) in [4.78, 5) is 4.02. The number of hydrogen-bond acceptors (Lipinski definition) is 3. The van der Waals surface area contributed by atoms with E-state index >= 15 is 0 Å². The molecule has 1 aliphatic heterocycles. The second-order valence-corrected chi connectivity index (χ2v) is 4.29. The van der Waals surface area contributed by atoms with Gasteiger partial charge in [0.15, 0.2) is 0 Å². The molecule has 2 aromatic rings. The Morgan fingerprint density at radius 1 is 1.18 bits per heavy atom. The van der Waals surface area contributed by atoms with Crippen molar-refractivity contribution in [1.29, 1.82) is 0 Å². The van der Waals surface area contributed by atoms with E-state index in [2.05, 4.69) is 4.98 Å². The highest BCUT2D eigenvalue weighted by atomic mass is 16.5. The number of nitrogens with zero attached hydrogens (tertiary/aromatic N) is 1. The quantitative estimate of drug-likeness (QED) is 0.760. The van der Waals surface area contributed by atoms with Crippen LogP contribution in [0.3, 0.4) is 0 Å². The third-order valence-corrected chi connectivity index (χ3v) is 3.11. The van der Waals surface area contributed by atoms with Crippen LogP contribution in [-0.2, 0) is 6.42 Å². The van der Waals surface area contributed by atoms with Crippen LogP contribution in [-0.4, -0.2) is 4.98 Å². The Morgan fingerprint density at radius 2 is 2.00 bits per heavy atom. The Balaban J connectivity index is 1.88. The summed E-state index contributed by atoms with van der Waals surface area (Å²) in [6.45, 7) is 0. The molecule has 3 nitrogen and oxygen atoms in total. The van der Waals surface area contributed by atoms with E-state index in [1.807, 2.05) is 30.3 Å². The molecule has 3 rings (SSSR count). The first-order valence-corrected chi connectivity index (χ1v) is 5.78. The van der Waals surface area contributed by atoms with Crippen molar-refractivity contribution in [2.45, 2.75) is 18.9 Å². The average molecular weight is 226 g/mol. The number of rotatable bonds is 1. The topological polar surface area (TPSA) is 48.1 Å². The molecule has 1 atom stereocenters. The standard InChI is InChI=1S/C14H14N2O/c15-12-2-4-14-11(9-12)1-3-13(17-14)10-5-7-16-8-6-10/h2,4-9,13H,1,3,15H2. The maximum Gasteiger partial charge on any atom is 0.124 e. The van der Waals surface area contributed by atoms with Gasteiger partial charge in [0.25, 0.3) is 0 Å². The summed E-state index contributed by atoms with van der Waals surface area (Å²) < 4.78 is 5.99. The van der Waals surface area contributed by atoms with Gasteiger partial charge in [0.05, 0.1) is 0 Å². The molecule has 0 saturated carbocycles. The SMILES string of the molecule is Nc1ccc2c(c1)CCC(c1ccncc1)O2. The van der Waals surface area contributed by atoms with Crippen molar-refractivity contribution in [3.05, 3.63) is 53.9 Å². The van der Waals surface area contributed by atoms with E-state index in [4.69, 9.17) is 10.5 Å². The van der Waals surface area contributed by atoms with Gasteiger partial charge >= 0.3 is 0 Å². The zero-order chi connectivity index (χ0) is 11.7. The van der Waals surface area contributed by atoms with Gasteiger partial charge in [0.1, 0.15) is 11.9 Å². The van der Waals surface area contributed by atoms with E-state index in [9.17, 15) is 0 Å². The van der Waals surface area contributed by atoms with Crippen LogP contribution in [0.25, 0.3) is 0 Å². The number of benzene rings is 1. The van der Waals surface area contributed by atoms with Crippen molar-refractivity contribution in [2.24, 2.45) is 0 Å². The molecule has 0 bridgehead atoms. The van der Waals surface area contributed by atoms with Crippen LogP contribution in [0.4, 0.5) is 5.69 Å². The Kier molecular flexibility index (Phi) is 2.44. The number of nitrogen functional groups attached to an aromatic ring is 1. The minimum atomic E-state index is 0.133. The number of anilines is 1. The summed E-state index contributed by atoms with van der Waals surface area (Å²) in [6.07, 6.45) is 5.73. The molecule has 0 saturated heterocycles. The van der Waals surface area contributed by atoms with Gasteiger partial charge in [-0.05, 0) is 54.3 Å². The van der Waals surface area contributed by atoms with Crippen LogP contribution in [0.15, 0.2) is 42.7 Å².